The van der Waals surface area contributed by atoms with Gasteiger partial charge in [0.05, 0.1) is 12.6 Å². The Morgan fingerprint density at radius 1 is 1.00 bits per heavy atom. The molecule has 0 radical (unpaired) electrons. The number of ether oxygens (including phenoxy) is 1. The van der Waals surface area contributed by atoms with Crippen molar-refractivity contribution in [2.45, 2.75) is 20.1 Å². The smallest absolute Gasteiger partial charge is 0.257 e. The molecule has 0 saturated heterocycles. The van der Waals surface area contributed by atoms with Crippen molar-refractivity contribution in [3.05, 3.63) is 94.0 Å². The third kappa shape index (κ3) is 4.07. The van der Waals surface area contributed by atoms with E-state index in [1.54, 1.807) is 4.57 Å². The van der Waals surface area contributed by atoms with Crippen LogP contribution in [0.4, 0.5) is 0 Å². The first kappa shape index (κ1) is 15.0. The molecule has 0 saturated carbocycles. The topological polar surface area (TPSA) is 44.1 Å². The first-order valence-electron chi connectivity index (χ1n) is 7.49. The summed E-state index contributed by atoms with van der Waals surface area (Å²) in [6, 6.07) is 19.3. The van der Waals surface area contributed by atoms with E-state index >= 15 is 0 Å². The summed E-state index contributed by atoms with van der Waals surface area (Å²) in [6.07, 6.45) is 1.53. The van der Waals surface area contributed by atoms with Gasteiger partial charge in [0, 0.05) is 0 Å². The summed E-state index contributed by atoms with van der Waals surface area (Å²) in [5.74, 6) is 0.346. The van der Waals surface area contributed by atoms with Crippen molar-refractivity contribution in [3.8, 4) is 5.88 Å². The number of benzene rings is 2. The van der Waals surface area contributed by atoms with Gasteiger partial charge in [-0.05, 0) is 18.1 Å². The van der Waals surface area contributed by atoms with Gasteiger partial charge in [-0.2, -0.15) is 0 Å². The third-order valence-corrected chi connectivity index (χ3v) is 3.56. The Morgan fingerprint density at radius 3 is 2.43 bits per heavy atom. The molecule has 0 spiro atoms. The maximum Gasteiger partial charge on any atom is 0.257 e. The maximum absolute atomic E-state index is 12.2. The Balaban J connectivity index is 1.68. The quantitative estimate of drug-likeness (QED) is 0.727. The van der Waals surface area contributed by atoms with Crippen molar-refractivity contribution in [1.29, 1.82) is 0 Å². The predicted octanol–water partition coefficient (Wildman–Crippen LogP) is 3.18. The van der Waals surface area contributed by atoms with Crippen molar-refractivity contribution in [2.75, 3.05) is 0 Å². The van der Waals surface area contributed by atoms with E-state index in [1.165, 1.54) is 18.0 Å². The molecule has 4 heteroatoms. The zero-order valence-corrected chi connectivity index (χ0v) is 13.0. The molecule has 0 unspecified atom stereocenters. The van der Waals surface area contributed by atoms with Gasteiger partial charge in [0.1, 0.15) is 12.9 Å². The van der Waals surface area contributed by atoms with E-state index in [4.69, 9.17) is 4.74 Å². The summed E-state index contributed by atoms with van der Waals surface area (Å²) in [7, 11) is 0. The standard InChI is InChI=1S/C19H18N2O2/c1-15-7-9-16(10-8-15)12-21-14-20-18(11-19(21)22)23-13-17-5-3-2-4-6-17/h2-11,14H,12-13H2,1H3. The fourth-order valence-electron chi connectivity index (χ4n) is 2.23. The van der Waals surface area contributed by atoms with Gasteiger partial charge >= 0.3 is 0 Å². The molecule has 2 aromatic carbocycles. The maximum atomic E-state index is 12.2. The second kappa shape index (κ2) is 6.92. The number of nitrogens with zero attached hydrogens (tertiary/aromatic N) is 2. The molecule has 4 nitrogen and oxygen atoms in total. The van der Waals surface area contributed by atoms with Crippen LogP contribution in [0, 0.1) is 6.92 Å². The third-order valence-electron chi connectivity index (χ3n) is 3.56. The molecule has 0 bridgehead atoms. The number of hydrogen-bond donors (Lipinski definition) is 0. The van der Waals surface area contributed by atoms with E-state index in [1.807, 2.05) is 61.5 Å². The highest BCUT2D eigenvalue weighted by atomic mass is 16.5. The zero-order valence-electron chi connectivity index (χ0n) is 13.0. The van der Waals surface area contributed by atoms with E-state index in [0.717, 1.165) is 11.1 Å². The molecule has 23 heavy (non-hydrogen) atoms. The van der Waals surface area contributed by atoms with E-state index in [9.17, 15) is 4.79 Å². The van der Waals surface area contributed by atoms with Crippen LogP contribution in [0.2, 0.25) is 0 Å². The highest BCUT2D eigenvalue weighted by Crippen LogP contribution is 2.08. The number of aromatic nitrogens is 2. The highest BCUT2D eigenvalue weighted by molar-refractivity contribution is 5.22. The summed E-state index contributed by atoms with van der Waals surface area (Å²) < 4.78 is 7.14. The second-order valence-corrected chi connectivity index (χ2v) is 5.45. The Labute approximate surface area is 135 Å². The summed E-state index contributed by atoms with van der Waals surface area (Å²) in [6.45, 7) is 2.94. The molecule has 3 rings (SSSR count). The molecule has 0 fully saturated rings. The van der Waals surface area contributed by atoms with Crippen LogP contribution in [-0.4, -0.2) is 9.55 Å². The minimum Gasteiger partial charge on any atom is -0.473 e. The number of hydrogen-bond acceptors (Lipinski definition) is 3. The highest BCUT2D eigenvalue weighted by Gasteiger charge is 2.03. The average molecular weight is 306 g/mol. The molecule has 0 aliphatic carbocycles. The largest absolute Gasteiger partial charge is 0.473 e. The molecule has 1 aromatic heterocycles. The minimum absolute atomic E-state index is 0.122. The molecule has 0 atom stereocenters. The molecular weight excluding hydrogens is 288 g/mol. The lowest BCUT2D eigenvalue weighted by atomic mass is 10.1. The van der Waals surface area contributed by atoms with Gasteiger partial charge in [-0.3, -0.25) is 9.36 Å². The van der Waals surface area contributed by atoms with Crippen LogP contribution in [0.1, 0.15) is 16.7 Å². The first-order chi connectivity index (χ1) is 11.2. The molecule has 3 aromatic rings. The average Bonchev–Trinajstić information content (AvgIpc) is 2.58. The Hall–Kier alpha value is -2.88. The van der Waals surface area contributed by atoms with Gasteiger partial charge in [0.25, 0.3) is 5.56 Å². The first-order valence-corrected chi connectivity index (χ1v) is 7.49. The van der Waals surface area contributed by atoms with Crippen molar-refractivity contribution in [3.63, 3.8) is 0 Å². The van der Waals surface area contributed by atoms with Crippen LogP contribution >= 0.6 is 0 Å². The lowest BCUT2D eigenvalue weighted by Gasteiger charge is -2.08. The van der Waals surface area contributed by atoms with Crippen LogP contribution < -0.4 is 10.3 Å². The van der Waals surface area contributed by atoms with Crippen LogP contribution in [0.25, 0.3) is 0 Å². The Kier molecular flexibility index (Phi) is 4.52. The van der Waals surface area contributed by atoms with Crippen LogP contribution in [0.15, 0.2) is 71.8 Å². The lowest BCUT2D eigenvalue weighted by molar-refractivity contribution is 0.291. The second-order valence-electron chi connectivity index (χ2n) is 5.45. The van der Waals surface area contributed by atoms with E-state index in [0.29, 0.717) is 19.0 Å². The summed E-state index contributed by atoms with van der Waals surface area (Å²) >= 11 is 0. The SMILES string of the molecule is Cc1ccc(Cn2cnc(OCc3ccccc3)cc2=O)cc1. The van der Waals surface area contributed by atoms with Gasteiger partial charge in [0.15, 0.2) is 0 Å². The van der Waals surface area contributed by atoms with Crippen LogP contribution in [-0.2, 0) is 13.2 Å². The van der Waals surface area contributed by atoms with E-state index in [2.05, 4.69) is 4.98 Å². The normalized spacial score (nSPS) is 10.5. The van der Waals surface area contributed by atoms with Gasteiger partial charge in [-0.1, -0.05) is 60.2 Å². The zero-order chi connectivity index (χ0) is 16.1. The molecule has 1 heterocycles. The monoisotopic (exact) mass is 306 g/mol. The Bertz CT molecular complexity index is 824. The van der Waals surface area contributed by atoms with Crippen molar-refractivity contribution in [2.24, 2.45) is 0 Å². The molecule has 0 aliphatic heterocycles. The van der Waals surface area contributed by atoms with Crippen molar-refractivity contribution in [1.82, 2.24) is 9.55 Å². The number of aryl methyl sites for hydroxylation is 1. The Morgan fingerprint density at radius 2 is 1.74 bits per heavy atom. The van der Waals surface area contributed by atoms with Crippen molar-refractivity contribution < 1.29 is 4.74 Å². The predicted molar refractivity (Wildman–Crippen MR) is 89.6 cm³/mol. The van der Waals surface area contributed by atoms with E-state index < -0.39 is 0 Å². The van der Waals surface area contributed by atoms with Crippen LogP contribution in [0.3, 0.4) is 0 Å². The van der Waals surface area contributed by atoms with Gasteiger partial charge in [-0.25, -0.2) is 4.98 Å². The lowest BCUT2D eigenvalue weighted by Crippen LogP contribution is -2.20. The number of rotatable bonds is 5. The van der Waals surface area contributed by atoms with E-state index in [-0.39, 0.29) is 5.56 Å². The fraction of sp³-hybridized carbons (Fsp3) is 0.158. The van der Waals surface area contributed by atoms with Gasteiger partial charge < -0.3 is 4.74 Å². The minimum atomic E-state index is -0.122. The fourth-order valence-corrected chi connectivity index (χ4v) is 2.23. The molecule has 0 N–H and O–H groups in total. The summed E-state index contributed by atoms with van der Waals surface area (Å²) in [5.41, 5.74) is 3.18. The van der Waals surface area contributed by atoms with Crippen LogP contribution in [0.5, 0.6) is 5.88 Å². The summed E-state index contributed by atoms with van der Waals surface area (Å²) in [5, 5.41) is 0. The van der Waals surface area contributed by atoms with Crippen molar-refractivity contribution >= 4 is 0 Å². The molecular formula is C19H18N2O2. The van der Waals surface area contributed by atoms with Gasteiger partial charge in [-0.15, -0.1) is 0 Å². The molecule has 116 valence electrons. The van der Waals surface area contributed by atoms with Gasteiger partial charge in [0.2, 0.25) is 5.88 Å². The summed E-state index contributed by atoms with van der Waals surface area (Å²) in [4.78, 5) is 16.4. The molecule has 0 amide bonds. The molecule has 0 aliphatic rings.